The number of rotatable bonds is 9. The Bertz CT molecular complexity index is 983. The fraction of sp³-hybridized carbons (Fsp3) is 0.519. The molecule has 0 spiro atoms. The van der Waals surface area contributed by atoms with Crippen LogP contribution in [-0.2, 0) is 20.7 Å². The average molecular weight is 470 g/mol. The van der Waals surface area contributed by atoms with Crippen LogP contribution in [0.1, 0.15) is 36.8 Å². The molecule has 0 unspecified atom stereocenters. The number of anilines is 1. The quantitative estimate of drug-likeness (QED) is 0.551. The van der Waals surface area contributed by atoms with Gasteiger partial charge in [-0.1, -0.05) is 6.07 Å². The van der Waals surface area contributed by atoms with Crippen LogP contribution in [0.25, 0.3) is 11.1 Å². The molecule has 2 saturated heterocycles. The van der Waals surface area contributed by atoms with Gasteiger partial charge in [-0.15, -0.1) is 0 Å². The van der Waals surface area contributed by atoms with Crippen LogP contribution in [-0.4, -0.2) is 57.3 Å². The number of methoxy groups -OCH3 is 2. The molecule has 0 bridgehead atoms. The Balaban J connectivity index is 1.70. The molecular formula is C27H35NO6. The normalized spacial score (nSPS) is 19.6. The predicted octanol–water partition coefficient (Wildman–Crippen LogP) is 4.69. The van der Waals surface area contributed by atoms with Crippen molar-refractivity contribution in [2.75, 3.05) is 46.0 Å². The summed E-state index contributed by atoms with van der Waals surface area (Å²) in [5, 5.41) is 13.3. The minimum Gasteiger partial charge on any atom is -0.496 e. The van der Waals surface area contributed by atoms with Crippen molar-refractivity contribution in [3.05, 3.63) is 41.5 Å². The highest BCUT2D eigenvalue weighted by atomic mass is 16.5. The van der Waals surface area contributed by atoms with E-state index < -0.39 is 11.5 Å². The Kier molecular flexibility index (Phi) is 7.63. The molecule has 0 aliphatic carbocycles. The van der Waals surface area contributed by atoms with E-state index in [0.29, 0.717) is 32.0 Å². The lowest BCUT2D eigenvalue weighted by atomic mass is 9.88. The highest BCUT2D eigenvalue weighted by Crippen LogP contribution is 2.38. The van der Waals surface area contributed by atoms with E-state index in [9.17, 15) is 9.90 Å². The summed E-state index contributed by atoms with van der Waals surface area (Å²) in [4.78, 5) is 12.2. The third-order valence-electron chi connectivity index (χ3n) is 7.15. The van der Waals surface area contributed by atoms with E-state index in [1.54, 1.807) is 14.2 Å². The van der Waals surface area contributed by atoms with Gasteiger partial charge in [0.1, 0.15) is 17.0 Å². The second-order valence-electron chi connectivity index (χ2n) is 9.27. The van der Waals surface area contributed by atoms with E-state index in [1.807, 2.05) is 25.1 Å². The molecule has 184 valence electrons. The van der Waals surface area contributed by atoms with Crippen molar-refractivity contribution < 1.29 is 28.8 Å². The number of ether oxygens (including phenoxy) is 4. The van der Waals surface area contributed by atoms with Crippen LogP contribution < -0.4 is 14.8 Å². The number of carboxylic acid groups (broad SMARTS) is 1. The first-order valence-corrected chi connectivity index (χ1v) is 12.0. The van der Waals surface area contributed by atoms with Crippen LogP contribution in [0.4, 0.5) is 5.69 Å². The topological polar surface area (TPSA) is 86.3 Å². The summed E-state index contributed by atoms with van der Waals surface area (Å²) in [5.74, 6) is 1.27. The van der Waals surface area contributed by atoms with E-state index in [4.69, 9.17) is 18.9 Å². The van der Waals surface area contributed by atoms with Gasteiger partial charge in [-0.2, -0.15) is 0 Å². The molecule has 4 rings (SSSR count). The number of aliphatic carboxylic acids is 1. The van der Waals surface area contributed by atoms with E-state index in [1.165, 1.54) is 0 Å². The zero-order valence-electron chi connectivity index (χ0n) is 20.3. The molecule has 0 amide bonds. The number of nitrogens with one attached hydrogen (secondary N) is 1. The molecule has 7 heteroatoms. The van der Waals surface area contributed by atoms with Gasteiger partial charge in [-0.25, -0.2) is 4.79 Å². The second kappa shape index (κ2) is 10.7. The Morgan fingerprint density at radius 1 is 1.09 bits per heavy atom. The predicted molar refractivity (Wildman–Crippen MR) is 131 cm³/mol. The number of hydrogen-bond donors (Lipinski definition) is 2. The molecule has 2 N–H and O–H groups in total. The molecule has 0 radical (unpaired) electrons. The summed E-state index contributed by atoms with van der Waals surface area (Å²) in [5.41, 5.74) is 4.04. The Morgan fingerprint density at radius 3 is 2.38 bits per heavy atom. The van der Waals surface area contributed by atoms with Gasteiger partial charge in [-0.05, 0) is 73.1 Å². The third-order valence-corrected chi connectivity index (χ3v) is 7.15. The summed E-state index contributed by atoms with van der Waals surface area (Å²) < 4.78 is 22.2. The second-order valence-corrected chi connectivity index (χ2v) is 9.27. The van der Waals surface area contributed by atoms with Crippen LogP contribution in [0.2, 0.25) is 0 Å². The lowest BCUT2D eigenvalue weighted by molar-refractivity contribution is -0.145. The van der Waals surface area contributed by atoms with Crippen LogP contribution in [0.15, 0.2) is 30.3 Å². The molecule has 2 aliphatic heterocycles. The summed E-state index contributed by atoms with van der Waals surface area (Å²) in [6, 6.07) is 10.2. The maximum absolute atomic E-state index is 12.2. The van der Waals surface area contributed by atoms with Gasteiger partial charge >= 0.3 is 5.97 Å². The number of hydrogen-bond acceptors (Lipinski definition) is 6. The van der Waals surface area contributed by atoms with Gasteiger partial charge < -0.3 is 29.4 Å². The van der Waals surface area contributed by atoms with Crippen molar-refractivity contribution in [3.63, 3.8) is 0 Å². The van der Waals surface area contributed by atoms with Crippen molar-refractivity contribution >= 4 is 11.7 Å². The van der Waals surface area contributed by atoms with Crippen LogP contribution in [0, 0.1) is 12.8 Å². The Hall–Kier alpha value is -2.77. The first kappa shape index (κ1) is 24.4. The average Bonchev–Trinajstić information content (AvgIpc) is 3.37. The molecule has 7 nitrogen and oxygen atoms in total. The van der Waals surface area contributed by atoms with Gasteiger partial charge in [0.15, 0.2) is 0 Å². The van der Waals surface area contributed by atoms with Gasteiger partial charge in [-0.3, -0.25) is 0 Å². The van der Waals surface area contributed by atoms with E-state index >= 15 is 0 Å². The van der Waals surface area contributed by atoms with Gasteiger partial charge in [0.05, 0.1) is 14.2 Å². The van der Waals surface area contributed by atoms with Crippen molar-refractivity contribution in [1.29, 1.82) is 0 Å². The molecule has 34 heavy (non-hydrogen) atoms. The molecule has 0 saturated carbocycles. The highest BCUT2D eigenvalue weighted by Gasteiger charge is 2.40. The third kappa shape index (κ3) is 5.15. The Labute approximate surface area is 201 Å². The molecule has 0 aromatic heterocycles. The SMILES string of the molecule is COc1cc(-c2ccc(NC3(C(=O)O)CCOCC3)cc2CC[C@H]2CCOC2)cc(OC)c1C. The number of carboxylic acids is 1. The zero-order valence-corrected chi connectivity index (χ0v) is 20.3. The first-order valence-electron chi connectivity index (χ1n) is 12.0. The maximum atomic E-state index is 12.2. The van der Waals surface area contributed by atoms with Crippen LogP contribution >= 0.6 is 0 Å². The van der Waals surface area contributed by atoms with Crippen molar-refractivity contribution in [1.82, 2.24) is 0 Å². The fourth-order valence-corrected chi connectivity index (χ4v) is 4.96. The standard InChI is InChI=1S/C27H35NO6/c1-18-24(31-2)15-21(16-25(18)32-3)23-7-6-22(14-20(23)5-4-19-8-11-34-17-19)28-27(26(29)30)9-12-33-13-10-27/h6-7,14-16,19,28H,4-5,8-13,17H2,1-3H3,(H,29,30)/t19-/m0/s1. The van der Waals surface area contributed by atoms with Gasteiger partial charge in [0.25, 0.3) is 0 Å². The fourth-order valence-electron chi connectivity index (χ4n) is 4.96. The van der Waals surface area contributed by atoms with Gasteiger partial charge in [0, 0.05) is 50.5 Å². The summed E-state index contributed by atoms with van der Waals surface area (Å²) >= 11 is 0. The molecule has 2 aliphatic rings. The van der Waals surface area contributed by atoms with Gasteiger partial charge in [0.2, 0.25) is 0 Å². The monoisotopic (exact) mass is 469 g/mol. The molecule has 1 atom stereocenters. The summed E-state index contributed by atoms with van der Waals surface area (Å²) in [6.07, 6.45) is 3.85. The van der Waals surface area contributed by atoms with E-state index in [2.05, 4.69) is 17.4 Å². The van der Waals surface area contributed by atoms with Crippen LogP contribution in [0.3, 0.4) is 0 Å². The zero-order chi connectivity index (χ0) is 24.1. The molecule has 2 fully saturated rings. The van der Waals surface area contributed by atoms with E-state index in [0.717, 1.165) is 71.9 Å². The lowest BCUT2D eigenvalue weighted by Gasteiger charge is -2.35. The molecule has 2 aromatic rings. The van der Waals surface area contributed by atoms with Crippen molar-refractivity contribution in [2.45, 2.75) is 44.6 Å². The molecule has 2 aromatic carbocycles. The Morgan fingerprint density at radius 2 is 1.79 bits per heavy atom. The number of carbonyl (C=O) groups is 1. The van der Waals surface area contributed by atoms with Crippen LogP contribution in [0.5, 0.6) is 11.5 Å². The van der Waals surface area contributed by atoms with Crippen molar-refractivity contribution in [3.8, 4) is 22.6 Å². The molecule has 2 heterocycles. The lowest BCUT2D eigenvalue weighted by Crippen LogP contribution is -2.50. The first-order chi connectivity index (χ1) is 16.5. The number of aryl methyl sites for hydroxylation is 1. The maximum Gasteiger partial charge on any atom is 0.329 e. The highest BCUT2D eigenvalue weighted by molar-refractivity contribution is 5.83. The number of benzene rings is 2. The van der Waals surface area contributed by atoms with Crippen molar-refractivity contribution in [2.24, 2.45) is 5.92 Å². The van der Waals surface area contributed by atoms with E-state index in [-0.39, 0.29) is 0 Å². The smallest absolute Gasteiger partial charge is 0.329 e. The minimum absolute atomic E-state index is 0.436. The molecular weight excluding hydrogens is 434 g/mol. The minimum atomic E-state index is -1.01. The summed E-state index contributed by atoms with van der Waals surface area (Å²) in [7, 11) is 3.33. The largest absolute Gasteiger partial charge is 0.496 e. The summed E-state index contributed by atoms with van der Waals surface area (Å²) in [6.45, 7) is 4.49.